The largest absolute Gasteiger partial charge is 0.480 e. The molecular formula is C15H22N2O3. The van der Waals surface area contributed by atoms with Crippen molar-refractivity contribution in [3.63, 3.8) is 0 Å². The number of rotatable bonds is 9. The first-order valence-corrected chi connectivity index (χ1v) is 7.24. The van der Waals surface area contributed by atoms with E-state index < -0.39 is 0 Å². The normalized spacial score (nSPS) is 14.1. The Morgan fingerprint density at radius 1 is 1.45 bits per heavy atom. The van der Waals surface area contributed by atoms with Crippen LogP contribution in [-0.4, -0.2) is 30.2 Å². The van der Waals surface area contributed by atoms with E-state index in [-0.39, 0.29) is 12.6 Å². The van der Waals surface area contributed by atoms with Crippen molar-refractivity contribution in [3.8, 4) is 5.75 Å². The zero-order chi connectivity index (χ0) is 14.2. The van der Waals surface area contributed by atoms with Gasteiger partial charge in [-0.2, -0.15) is 0 Å². The molecule has 1 heterocycles. The molecule has 5 heteroatoms. The quantitative estimate of drug-likeness (QED) is 0.553. The van der Waals surface area contributed by atoms with Crippen LogP contribution in [-0.2, 0) is 16.1 Å². The lowest BCUT2D eigenvalue weighted by molar-refractivity contribution is -0.146. The molecule has 1 saturated carbocycles. The van der Waals surface area contributed by atoms with E-state index >= 15 is 0 Å². The third-order valence-electron chi connectivity index (χ3n) is 3.06. The smallest absolute Gasteiger partial charge is 0.344 e. The summed E-state index contributed by atoms with van der Waals surface area (Å²) >= 11 is 0. The first kappa shape index (κ1) is 14.8. The molecule has 0 bridgehead atoms. The first-order chi connectivity index (χ1) is 9.78. The molecule has 0 aliphatic heterocycles. The maximum Gasteiger partial charge on any atom is 0.344 e. The van der Waals surface area contributed by atoms with Gasteiger partial charge in [-0.05, 0) is 31.4 Å². The molecule has 1 aromatic heterocycles. The minimum atomic E-state index is -0.335. The highest BCUT2D eigenvalue weighted by Gasteiger charge is 2.20. The van der Waals surface area contributed by atoms with Crippen LogP contribution in [0.15, 0.2) is 18.3 Å². The van der Waals surface area contributed by atoms with E-state index in [9.17, 15) is 4.79 Å². The van der Waals surface area contributed by atoms with E-state index in [0.717, 1.165) is 25.1 Å². The summed E-state index contributed by atoms with van der Waals surface area (Å²) in [7, 11) is 0. The number of hydrogen-bond acceptors (Lipinski definition) is 5. The Balaban J connectivity index is 1.65. The number of esters is 1. The first-order valence-electron chi connectivity index (χ1n) is 7.24. The molecule has 20 heavy (non-hydrogen) atoms. The number of nitrogens with one attached hydrogen (secondary N) is 1. The zero-order valence-corrected chi connectivity index (χ0v) is 11.9. The lowest BCUT2D eigenvalue weighted by Gasteiger charge is -2.07. The van der Waals surface area contributed by atoms with Crippen molar-refractivity contribution in [1.82, 2.24) is 10.3 Å². The Kier molecular flexibility index (Phi) is 5.80. The fraction of sp³-hybridized carbons (Fsp3) is 0.600. The molecule has 2 rings (SSSR count). The predicted molar refractivity (Wildman–Crippen MR) is 75.5 cm³/mol. The van der Waals surface area contributed by atoms with Crippen molar-refractivity contribution in [1.29, 1.82) is 0 Å². The standard InChI is InChI=1S/C15H22N2O3/c1-2-3-8-19-15(18)11-20-14-7-6-13(17-10-14)9-16-12-4-5-12/h6-7,10,12,16H,2-5,8-9,11H2,1H3. The third-order valence-corrected chi connectivity index (χ3v) is 3.06. The second kappa shape index (κ2) is 7.85. The summed E-state index contributed by atoms with van der Waals surface area (Å²) in [5.41, 5.74) is 0.981. The van der Waals surface area contributed by atoms with Crippen molar-refractivity contribution < 1.29 is 14.3 Å². The van der Waals surface area contributed by atoms with Gasteiger partial charge in [-0.3, -0.25) is 4.98 Å². The molecule has 5 nitrogen and oxygen atoms in total. The summed E-state index contributed by atoms with van der Waals surface area (Å²) in [6, 6.07) is 4.41. The van der Waals surface area contributed by atoms with Gasteiger partial charge in [0, 0.05) is 12.6 Å². The van der Waals surface area contributed by atoms with Gasteiger partial charge in [0.2, 0.25) is 0 Å². The number of nitrogens with zero attached hydrogens (tertiary/aromatic N) is 1. The molecule has 1 N–H and O–H groups in total. The minimum absolute atomic E-state index is 0.0644. The number of aromatic nitrogens is 1. The van der Waals surface area contributed by atoms with Crippen LogP contribution in [0.4, 0.5) is 0 Å². The Hall–Kier alpha value is -1.62. The molecule has 0 radical (unpaired) electrons. The van der Waals surface area contributed by atoms with Gasteiger partial charge in [0.05, 0.1) is 18.5 Å². The second-order valence-electron chi connectivity index (χ2n) is 5.00. The summed E-state index contributed by atoms with van der Waals surface area (Å²) in [5, 5.41) is 3.39. The third kappa shape index (κ3) is 5.57. The highest BCUT2D eigenvalue weighted by atomic mass is 16.6. The van der Waals surface area contributed by atoms with Gasteiger partial charge in [0.1, 0.15) is 5.75 Å². The molecule has 0 aromatic carbocycles. The molecule has 1 aromatic rings. The average molecular weight is 278 g/mol. The van der Waals surface area contributed by atoms with Gasteiger partial charge in [-0.25, -0.2) is 4.79 Å². The Morgan fingerprint density at radius 2 is 2.30 bits per heavy atom. The Bertz CT molecular complexity index is 416. The molecule has 1 fully saturated rings. The van der Waals surface area contributed by atoms with Gasteiger partial charge < -0.3 is 14.8 Å². The molecular weight excluding hydrogens is 256 g/mol. The molecule has 0 spiro atoms. The van der Waals surface area contributed by atoms with E-state index in [1.54, 1.807) is 6.20 Å². The van der Waals surface area contributed by atoms with Gasteiger partial charge >= 0.3 is 5.97 Å². The van der Waals surface area contributed by atoms with Crippen molar-refractivity contribution in [2.45, 2.75) is 45.2 Å². The van der Waals surface area contributed by atoms with E-state index in [0.29, 0.717) is 18.4 Å². The molecule has 0 unspecified atom stereocenters. The van der Waals surface area contributed by atoms with Gasteiger partial charge in [0.15, 0.2) is 6.61 Å². The van der Waals surface area contributed by atoms with Crippen molar-refractivity contribution in [2.24, 2.45) is 0 Å². The van der Waals surface area contributed by atoms with Gasteiger partial charge in [0.25, 0.3) is 0 Å². The number of carbonyl (C=O) groups is 1. The van der Waals surface area contributed by atoms with Gasteiger partial charge in [-0.15, -0.1) is 0 Å². The van der Waals surface area contributed by atoms with Crippen LogP contribution in [0.25, 0.3) is 0 Å². The molecule has 0 saturated heterocycles. The Morgan fingerprint density at radius 3 is 2.95 bits per heavy atom. The van der Waals surface area contributed by atoms with E-state index in [1.807, 2.05) is 12.1 Å². The monoisotopic (exact) mass is 278 g/mol. The summed E-state index contributed by atoms with van der Waals surface area (Å²) in [5.74, 6) is 0.255. The van der Waals surface area contributed by atoms with Crippen LogP contribution in [0.1, 0.15) is 38.3 Å². The fourth-order valence-electron chi connectivity index (χ4n) is 1.65. The number of ether oxygens (including phenoxy) is 2. The SMILES string of the molecule is CCCCOC(=O)COc1ccc(CNC2CC2)nc1. The topological polar surface area (TPSA) is 60.5 Å². The molecule has 1 aliphatic rings. The lowest BCUT2D eigenvalue weighted by atomic mass is 10.3. The number of unbranched alkanes of at least 4 members (excludes halogenated alkanes) is 1. The number of pyridine rings is 1. The zero-order valence-electron chi connectivity index (χ0n) is 11.9. The lowest BCUT2D eigenvalue weighted by Crippen LogP contribution is -2.17. The number of carbonyl (C=O) groups excluding carboxylic acids is 1. The maximum atomic E-state index is 11.4. The van der Waals surface area contributed by atoms with E-state index in [1.165, 1.54) is 12.8 Å². The highest BCUT2D eigenvalue weighted by molar-refractivity contribution is 5.71. The van der Waals surface area contributed by atoms with Crippen LogP contribution >= 0.6 is 0 Å². The highest BCUT2D eigenvalue weighted by Crippen LogP contribution is 2.19. The summed E-state index contributed by atoms with van der Waals surface area (Å²) in [4.78, 5) is 15.7. The Labute approximate surface area is 119 Å². The predicted octanol–water partition coefficient (Wildman–Crippen LogP) is 2.06. The number of hydrogen-bond donors (Lipinski definition) is 1. The minimum Gasteiger partial charge on any atom is -0.480 e. The summed E-state index contributed by atoms with van der Waals surface area (Å²) in [6.45, 7) is 3.23. The second-order valence-corrected chi connectivity index (χ2v) is 5.00. The van der Waals surface area contributed by atoms with Gasteiger partial charge in [-0.1, -0.05) is 13.3 Å². The van der Waals surface area contributed by atoms with Crippen LogP contribution in [0.5, 0.6) is 5.75 Å². The fourth-order valence-corrected chi connectivity index (χ4v) is 1.65. The van der Waals surface area contributed by atoms with Crippen LogP contribution in [0, 0.1) is 0 Å². The van der Waals surface area contributed by atoms with Crippen LogP contribution < -0.4 is 10.1 Å². The molecule has 0 atom stereocenters. The van der Waals surface area contributed by atoms with E-state index in [4.69, 9.17) is 9.47 Å². The molecule has 0 amide bonds. The summed E-state index contributed by atoms with van der Waals surface area (Å²) in [6.07, 6.45) is 6.07. The van der Waals surface area contributed by atoms with Crippen molar-refractivity contribution in [3.05, 3.63) is 24.0 Å². The maximum absolute atomic E-state index is 11.4. The van der Waals surface area contributed by atoms with Crippen LogP contribution in [0.2, 0.25) is 0 Å². The van der Waals surface area contributed by atoms with Crippen LogP contribution in [0.3, 0.4) is 0 Å². The average Bonchev–Trinajstić information content (AvgIpc) is 3.28. The van der Waals surface area contributed by atoms with E-state index in [2.05, 4.69) is 17.2 Å². The molecule has 110 valence electrons. The molecule has 1 aliphatic carbocycles. The van der Waals surface area contributed by atoms with Crippen molar-refractivity contribution >= 4 is 5.97 Å². The van der Waals surface area contributed by atoms with Crippen molar-refractivity contribution in [2.75, 3.05) is 13.2 Å². The summed E-state index contributed by atoms with van der Waals surface area (Å²) < 4.78 is 10.3.